The van der Waals surface area contributed by atoms with E-state index in [2.05, 4.69) is 12.2 Å². The molecule has 1 amide bonds. The van der Waals surface area contributed by atoms with E-state index >= 15 is 0 Å². The Kier molecular flexibility index (Phi) is 11.1. The van der Waals surface area contributed by atoms with Crippen LogP contribution in [0.5, 0.6) is 0 Å². The average Bonchev–Trinajstić information content (AvgIpc) is 2.49. The highest BCUT2D eigenvalue weighted by Crippen LogP contribution is 2.21. The number of amides is 1. The van der Waals surface area contributed by atoms with Gasteiger partial charge in [0.1, 0.15) is 0 Å². The molecule has 0 bridgehead atoms. The zero-order valence-corrected chi connectivity index (χ0v) is 14.9. The molecule has 0 aliphatic carbocycles. The Labute approximate surface area is 139 Å². The second kappa shape index (κ2) is 11.9. The highest BCUT2D eigenvalue weighted by molar-refractivity contribution is 6.07. The number of carbonyl (C=O) groups is 3. The number of carbonyl (C=O) groups excluding carboxylic acids is 3. The van der Waals surface area contributed by atoms with Gasteiger partial charge in [0.25, 0.3) is 0 Å². The van der Waals surface area contributed by atoms with Gasteiger partial charge in [-0.05, 0) is 26.7 Å². The zero-order chi connectivity index (χ0) is 17.7. The molecule has 0 aromatic carbocycles. The molecule has 0 atom stereocenters. The van der Waals surface area contributed by atoms with Gasteiger partial charge in [0.15, 0.2) is 0 Å². The minimum Gasteiger partial charge on any atom is -0.464 e. The Morgan fingerprint density at radius 1 is 0.826 bits per heavy atom. The van der Waals surface area contributed by atoms with Gasteiger partial charge in [-0.1, -0.05) is 39.0 Å². The molecule has 6 heteroatoms. The van der Waals surface area contributed by atoms with Crippen LogP contribution in [0, 0.1) is 0 Å². The third-order valence-electron chi connectivity index (χ3n) is 3.54. The lowest BCUT2D eigenvalue weighted by Crippen LogP contribution is -2.61. The van der Waals surface area contributed by atoms with Crippen molar-refractivity contribution in [2.45, 2.75) is 78.2 Å². The fraction of sp³-hybridized carbons (Fsp3) is 0.824. The lowest BCUT2D eigenvalue weighted by molar-refractivity contribution is -0.168. The first kappa shape index (κ1) is 21.4. The zero-order valence-electron chi connectivity index (χ0n) is 14.9. The van der Waals surface area contributed by atoms with E-state index in [1.54, 1.807) is 13.8 Å². The molecule has 23 heavy (non-hydrogen) atoms. The van der Waals surface area contributed by atoms with Crippen molar-refractivity contribution in [1.82, 2.24) is 5.32 Å². The molecular formula is C17H31NO5. The normalized spacial score (nSPS) is 11.0. The van der Waals surface area contributed by atoms with Crippen LogP contribution in [0.3, 0.4) is 0 Å². The number of unbranched alkanes of at least 4 members (excludes halogenated alkanes) is 5. The molecule has 0 unspecified atom stereocenters. The van der Waals surface area contributed by atoms with Crippen molar-refractivity contribution < 1.29 is 23.9 Å². The predicted molar refractivity (Wildman–Crippen MR) is 87.8 cm³/mol. The monoisotopic (exact) mass is 329 g/mol. The van der Waals surface area contributed by atoms with E-state index in [4.69, 9.17) is 9.47 Å². The first-order chi connectivity index (χ1) is 10.9. The molecule has 0 radical (unpaired) electrons. The van der Waals surface area contributed by atoms with Gasteiger partial charge in [-0.3, -0.25) is 4.79 Å². The Balaban J connectivity index is 5.01. The summed E-state index contributed by atoms with van der Waals surface area (Å²) < 4.78 is 10.0. The van der Waals surface area contributed by atoms with Crippen LogP contribution >= 0.6 is 0 Å². The van der Waals surface area contributed by atoms with Gasteiger partial charge in [-0.2, -0.15) is 0 Å². The lowest BCUT2D eigenvalue weighted by Gasteiger charge is -2.29. The summed E-state index contributed by atoms with van der Waals surface area (Å²) in [7, 11) is 0. The van der Waals surface area contributed by atoms with Crippen LogP contribution in [-0.4, -0.2) is 36.6 Å². The Bertz CT molecular complexity index is 363. The molecule has 0 aliphatic rings. The van der Waals surface area contributed by atoms with Crippen molar-refractivity contribution in [2.75, 3.05) is 13.2 Å². The first-order valence-electron chi connectivity index (χ1n) is 8.57. The number of hydrogen-bond donors (Lipinski definition) is 1. The molecule has 0 aliphatic heterocycles. The fourth-order valence-electron chi connectivity index (χ4n) is 2.43. The van der Waals surface area contributed by atoms with E-state index in [9.17, 15) is 14.4 Å². The van der Waals surface area contributed by atoms with Crippen LogP contribution < -0.4 is 5.32 Å². The van der Waals surface area contributed by atoms with Gasteiger partial charge in [0.05, 0.1) is 13.2 Å². The largest absolute Gasteiger partial charge is 0.464 e. The summed E-state index contributed by atoms with van der Waals surface area (Å²) in [4.78, 5) is 36.2. The number of rotatable bonds is 12. The summed E-state index contributed by atoms with van der Waals surface area (Å²) >= 11 is 0. The summed E-state index contributed by atoms with van der Waals surface area (Å²) in [6, 6.07) is 0. The van der Waals surface area contributed by atoms with Crippen LogP contribution in [0.2, 0.25) is 0 Å². The summed E-state index contributed by atoms with van der Waals surface area (Å²) in [5, 5.41) is 2.48. The fourth-order valence-corrected chi connectivity index (χ4v) is 2.43. The average molecular weight is 329 g/mol. The standard InChI is InChI=1S/C17H31NO5/c1-5-8-9-10-11-12-13-17(18-14(4)19,15(20)22-6-2)16(21)23-7-3/h5-13H2,1-4H3,(H,18,19). The van der Waals surface area contributed by atoms with Crippen molar-refractivity contribution in [3.05, 3.63) is 0 Å². The van der Waals surface area contributed by atoms with E-state index in [1.165, 1.54) is 13.3 Å². The molecule has 0 spiro atoms. The SMILES string of the molecule is CCCCCCCCC(NC(C)=O)(C(=O)OCC)C(=O)OCC. The van der Waals surface area contributed by atoms with E-state index in [0.29, 0.717) is 6.42 Å². The van der Waals surface area contributed by atoms with Crippen LogP contribution in [0.1, 0.15) is 72.6 Å². The molecular weight excluding hydrogens is 298 g/mol. The number of ether oxygens (including phenoxy) is 2. The van der Waals surface area contributed by atoms with Gasteiger partial charge in [0.2, 0.25) is 11.4 Å². The molecule has 6 nitrogen and oxygen atoms in total. The predicted octanol–water partition coefficient (Wildman–Crippen LogP) is 2.74. The second-order valence-electron chi connectivity index (χ2n) is 5.55. The molecule has 1 N–H and O–H groups in total. The highest BCUT2D eigenvalue weighted by Gasteiger charge is 2.49. The van der Waals surface area contributed by atoms with Gasteiger partial charge >= 0.3 is 11.9 Å². The summed E-state index contributed by atoms with van der Waals surface area (Å²) in [6.45, 7) is 7.00. The smallest absolute Gasteiger partial charge is 0.343 e. The minimum absolute atomic E-state index is 0.135. The molecule has 0 rings (SSSR count). The summed E-state index contributed by atoms with van der Waals surface area (Å²) in [5.74, 6) is -1.96. The third-order valence-corrected chi connectivity index (χ3v) is 3.54. The molecule has 134 valence electrons. The second-order valence-corrected chi connectivity index (χ2v) is 5.55. The van der Waals surface area contributed by atoms with Crippen LogP contribution in [0.4, 0.5) is 0 Å². The molecule has 0 saturated heterocycles. The lowest BCUT2D eigenvalue weighted by atomic mass is 9.91. The van der Waals surface area contributed by atoms with Crippen molar-refractivity contribution in [2.24, 2.45) is 0 Å². The van der Waals surface area contributed by atoms with Gasteiger partial charge < -0.3 is 14.8 Å². The summed E-state index contributed by atoms with van der Waals surface area (Å²) in [6.07, 6.45) is 6.21. The van der Waals surface area contributed by atoms with Crippen molar-refractivity contribution in [3.63, 3.8) is 0 Å². The van der Waals surface area contributed by atoms with Crippen LogP contribution in [0.25, 0.3) is 0 Å². The van der Waals surface area contributed by atoms with Crippen LogP contribution in [-0.2, 0) is 23.9 Å². The van der Waals surface area contributed by atoms with Crippen LogP contribution in [0.15, 0.2) is 0 Å². The summed E-state index contributed by atoms with van der Waals surface area (Å²) in [5.41, 5.74) is -1.73. The molecule has 0 aromatic heterocycles. The molecule has 0 aromatic rings. The minimum atomic E-state index is -1.73. The number of esters is 2. The number of hydrogen-bond acceptors (Lipinski definition) is 5. The highest BCUT2D eigenvalue weighted by atomic mass is 16.6. The van der Waals surface area contributed by atoms with E-state index < -0.39 is 23.4 Å². The van der Waals surface area contributed by atoms with E-state index in [1.807, 2.05) is 0 Å². The van der Waals surface area contributed by atoms with Gasteiger partial charge in [-0.25, -0.2) is 9.59 Å². The molecule has 0 fully saturated rings. The Morgan fingerprint density at radius 3 is 1.74 bits per heavy atom. The van der Waals surface area contributed by atoms with Gasteiger partial charge in [-0.15, -0.1) is 0 Å². The van der Waals surface area contributed by atoms with Crippen molar-refractivity contribution in [3.8, 4) is 0 Å². The molecule has 0 heterocycles. The maximum Gasteiger partial charge on any atom is 0.343 e. The Hall–Kier alpha value is -1.59. The van der Waals surface area contributed by atoms with Crippen molar-refractivity contribution >= 4 is 17.8 Å². The maximum atomic E-state index is 12.3. The maximum absolute atomic E-state index is 12.3. The van der Waals surface area contributed by atoms with Gasteiger partial charge in [0, 0.05) is 6.92 Å². The van der Waals surface area contributed by atoms with Crippen molar-refractivity contribution in [1.29, 1.82) is 0 Å². The van der Waals surface area contributed by atoms with E-state index in [-0.39, 0.29) is 19.6 Å². The van der Waals surface area contributed by atoms with E-state index in [0.717, 1.165) is 25.7 Å². The number of nitrogens with one attached hydrogen (secondary N) is 1. The topological polar surface area (TPSA) is 81.7 Å². The quantitative estimate of drug-likeness (QED) is 0.338. The Morgan fingerprint density at radius 2 is 1.30 bits per heavy atom. The molecule has 0 saturated carbocycles. The first-order valence-corrected chi connectivity index (χ1v) is 8.57. The third kappa shape index (κ3) is 7.48.